The lowest BCUT2D eigenvalue weighted by atomic mass is 9.91. The molecule has 4 aliphatic rings. The normalized spacial score (nSPS) is 27.6. The van der Waals surface area contributed by atoms with E-state index in [1.54, 1.807) is 0 Å². The first-order valence-electron chi connectivity index (χ1n) is 10.1. The molecule has 1 aromatic heterocycles. The van der Waals surface area contributed by atoms with Gasteiger partial charge in [0, 0.05) is 38.4 Å². The van der Waals surface area contributed by atoms with Crippen LogP contribution in [0.4, 0.5) is 0 Å². The highest BCUT2D eigenvalue weighted by Gasteiger charge is 2.34. The van der Waals surface area contributed by atoms with E-state index in [4.69, 9.17) is 0 Å². The Hall–Kier alpha value is -2.19. The Balaban J connectivity index is 1.64. The summed E-state index contributed by atoms with van der Waals surface area (Å²) in [7, 11) is 0. The van der Waals surface area contributed by atoms with Gasteiger partial charge in [-0.05, 0) is 42.9 Å². The molecule has 27 heavy (non-hydrogen) atoms. The lowest BCUT2D eigenvalue weighted by Crippen LogP contribution is -2.08. The Kier molecular flexibility index (Phi) is 3.46. The van der Waals surface area contributed by atoms with Crippen molar-refractivity contribution in [2.45, 2.75) is 42.2 Å². The maximum absolute atomic E-state index is 2.59. The zero-order valence-electron chi connectivity index (χ0n) is 15.6. The summed E-state index contributed by atoms with van der Waals surface area (Å²) < 4.78 is 2.59. The second kappa shape index (κ2) is 5.90. The lowest BCUT2D eigenvalue weighted by Gasteiger charge is -2.20. The van der Waals surface area contributed by atoms with Crippen molar-refractivity contribution in [3.8, 4) is 0 Å². The van der Waals surface area contributed by atoms with Crippen LogP contribution in [0.5, 0.6) is 0 Å². The average molecular weight is 370 g/mol. The van der Waals surface area contributed by atoms with Crippen LogP contribution in [0.15, 0.2) is 65.6 Å². The first-order chi connectivity index (χ1) is 13.3. The molecule has 134 valence electrons. The van der Waals surface area contributed by atoms with E-state index >= 15 is 0 Å². The minimum atomic E-state index is 0.530. The van der Waals surface area contributed by atoms with Crippen molar-refractivity contribution in [1.82, 2.24) is 4.57 Å². The van der Waals surface area contributed by atoms with E-state index < -0.39 is 0 Å². The molecule has 0 fully saturated rings. The van der Waals surface area contributed by atoms with Crippen LogP contribution in [0, 0.1) is 5.92 Å². The molecule has 3 unspecified atom stereocenters. The summed E-state index contributed by atoms with van der Waals surface area (Å²) >= 11 is 2.06. The summed E-state index contributed by atoms with van der Waals surface area (Å²) in [5.41, 5.74) is 7.35. The van der Waals surface area contributed by atoms with Gasteiger partial charge in [-0.2, -0.15) is 0 Å². The van der Waals surface area contributed by atoms with E-state index in [1.807, 2.05) is 0 Å². The Morgan fingerprint density at radius 3 is 2.93 bits per heavy atom. The molecular formula is C25H23NS. The molecule has 0 spiro atoms. The molecule has 1 nitrogen and oxygen atoms in total. The summed E-state index contributed by atoms with van der Waals surface area (Å²) in [5.74, 6) is 1.14. The van der Waals surface area contributed by atoms with Crippen molar-refractivity contribution in [1.29, 1.82) is 0 Å². The van der Waals surface area contributed by atoms with Gasteiger partial charge in [0.05, 0.1) is 5.52 Å². The lowest BCUT2D eigenvalue weighted by molar-refractivity contribution is 0.718. The van der Waals surface area contributed by atoms with E-state index in [0.29, 0.717) is 17.1 Å². The molecule has 3 aliphatic carbocycles. The predicted molar refractivity (Wildman–Crippen MR) is 117 cm³/mol. The summed E-state index contributed by atoms with van der Waals surface area (Å²) in [6, 6.07) is 4.78. The van der Waals surface area contributed by atoms with Crippen LogP contribution >= 0.6 is 11.8 Å². The van der Waals surface area contributed by atoms with Gasteiger partial charge in [-0.15, -0.1) is 11.8 Å². The Morgan fingerprint density at radius 2 is 2.00 bits per heavy atom. The summed E-state index contributed by atoms with van der Waals surface area (Å²) in [6.45, 7) is 2.32. The van der Waals surface area contributed by atoms with Crippen LogP contribution < -0.4 is 0 Å². The standard InChI is InChI=1S/C25H23NS/c1-16-7-6-8-17(15-16)26-21-11-4-2-10-20(21)24-22(26)14-13-19-18-9-3-5-12-23(18)27-25(19)24/h2-3,5-10,12-14,16,18,23H,4,11,15H2,1H3. The van der Waals surface area contributed by atoms with Crippen molar-refractivity contribution in [2.24, 2.45) is 5.92 Å². The quantitative estimate of drug-likeness (QED) is 0.540. The maximum Gasteiger partial charge on any atom is 0.0546 e. The molecule has 2 heterocycles. The zero-order valence-corrected chi connectivity index (χ0v) is 16.4. The van der Waals surface area contributed by atoms with Gasteiger partial charge in [0.1, 0.15) is 0 Å². The molecule has 0 radical (unpaired) electrons. The number of benzene rings is 1. The van der Waals surface area contributed by atoms with Crippen LogP contribution in [0.2, 0.25) is 0 Å². The summed E-state index contributed by atoms with van der Waals surface area (Å²) in [4.78, 5) is 1.51. The second-order valence-electron chi connectivity index (χ2n) is 8.12. The van der Waals surface area contributed by atoms with E-state index in [-0.39, 0.29) is 0 Å². The highest BCUT2D eigenvalue weighted by atomic mass is 32.2. The number of aromatic nitrogens is 1. The summed E-state index contributed by atoms with van der Waals surface area (Å²) in [5, 5.41) is 2.04. The van der Waals surface area contributed by atoms with Gasteiger partial charge < -0.3 is 4.57 Å². The number of fused-ring (bicyclic) bond motifs is 7. The molecule has 0 amide bonds. The van der Waals surface area contributed by atoms with E-state index in [0.717, 1.165) is 19.3 Å². The fourth-order valence-corrected chi connectivity index (χ4v) is 6.61. The number of nitrogens with zero attached hydrogens (tertiary/aromatic N) is 1. The molecule has 1 aliphatic heterocycles. The van der Waals surface area contributed by atoms with Crippen LogP contribution in [0.1, 0.15) is 42.5 Å². The predicted octanol–water partition coefficient (Wildman–Crippen LogP) is 6.72. The molecule has 1 aromatic carbocycles. The van der Waals surface area contributed by atoms with Crippen LogP contribution in [-0.2, 0) is 6.42 Å². The van der Waals surface area contributed by atoms with Gasteiger partial charge in [0.2, 0.25) is 0 Å². The third-order valence-electron chi connectivity index (χ3n) is 6.33. The van der Waals surface area contributed by atoms with Crippen LogP contribution in [0.25, 0.3) is 22.7 Å². The first kappa shape index (κ1) is 15.8. The molecule has 0 saturated carbocycles. The average Bonchev–Trinajstić information content (AvgIpc) is 3.23. The minimum Gasteiger partial charge on any atom is -0.317 e. The van der Waals surface area contributed by atoms with Gasteiger partial charge in [-0.25, -0.2) is 0 Å². The van der Waals surface area contributed by atoms with Crippen LogP contribution in [0.3, 0.4) is 0 Å². The van der Waals surface area contributed by atoms with Crippen molar-refractivity contribution in [2.75, 3.05) is 0 Å². The number of thioether (sulfide) groups is 1. The molecule has 6 rings (SSSR count). The van der Waals surface area contributed by atoms with Crippen LogP contribution in [-0.4, -0.2) is 9.82 Å². The van der Waals surface area contributed by atoms with E-state index in [1.165, 1.54) is 38.3 Å². The van der Waals surface area contributed by atoms with Gasteiger partial charge in [-0.3, -0.25) is 0 Å². The fourth-order valence-electron chi connectivity index (χ4n) is 5.11. The maximum atomic E-state index is 2.59. The zero-order chi connectivity index (χ0) is 18.0. The number of hydrogen-bond acceptors (Lipinski definition) is 1. The largest absolute Gasteiger partial charge is 0.317 e. The minimum absolute atomic E-state index is 0.530. The Morgan fingerprint density at radius 1 is 1.07 bits per heavy atom. The Bertz CT molecular complexity index is 1110. The first-order valence-corrected chi connectivity index (χ1v) is 11.0. The topological polar surface area (TPSA) is 4.93 Å². The van der Waals surface area contributed by atoms with E-state index in [9.17, 15) is 0 Å². The smallest absolute Gasteiger partial charge is 0.0546 e. The van der Waals surface area contributed by atoms with Gasteiger partial charge in [0.15, 0.2) is 0 Å². The van der Waals surface area contributed by atoms with E-state index in [2.05, 4.69) is 90.1 Å². The Labute approximate surface area is 164 Å². The SMILES string of the molecule is CC1C=CC=C(n2c3c(c4c5c(ccc42)C2C=CC=CC2S5)C=CCC3)C1. The van der Waals surface area contributed by atoms with Gasteiger partial charge in [0.25, 0.3) is 0 Å². The fraction of sp³-hybridized carbons (Fsp3) is 0.280. The third kappa shape index (κ3) is 2.26. The molecule has 0 saturated heterocycles. The van der Waals surface area contributed by atoms with Gasteiger partial charge >= 0.3 is 0 Å². The molecule has 2 aromatic rings. The van der Waals surface area contributed by atoms with Gasteiger partial charge in [-0.1, -0.05) is 61.6 Å². The molecule has 2 heteroatoms. The number of hydrogen-bond donors (Lipinski definition) is 0. The van der Waals surface area contributed by atoms with Crippen molar-refractivity contribution < 1.29 is 0 Å². The monoisotopic (exact) mass is 369 g/mol. The molecule has 3 atom stereocenters. The molecular weight excluding hydrogens is 346 g/mol. The third-order valence-corrected chi connectivity index (χ3v) is 7.73. The van der Waals surface area contributed by atoms with Crippen molar-refractivity contribution in [3.63, 3.8) is 0 Å². The summed E-state index contributed by atoms with van der Waals surface area (Å²) in [6.07, 6.45) is 24.2. The highest BCUT2D eigenvalue weighted by molar-refractivity contribution is 8.00. The number of rotatable bonds is 1. The highest BCUT2D eigenvalue weighted by Crippen LogP contribution is 2.53. The second-order valence-corrected chi connectivity index (χ2v) is 9.31. The molecule has 0 bridgehead atoms. The number of allylic oxidation sites excluding steroid dienone is 8. The molecule has 0 N–H and O–H groups in total. The van der Waals surface area contributed by atoms with Crippen molar-refractivity contribution in [3.05, 3.63) is 77.6 Å². The van der Waals surface area contributed by atoms with Crippen molar-refractivity contribution >= 4 is 34.4 Å².